The fourth-order valence-corrected chi connectivity index (χ4v) is 1.59. The minimum absolute atomic E-state index is 0.0283. The summed E-state index contributed by atoms with van der Waals surface area (Å²) in [6.45, 7) is 3.67. The van der Waals surface area contributed by atoms with Gasteiger partial charge >= 0.3 is 0 Å². The zero-order valence-corrected chi connectivity index (χ0v) is 8.91. The van der Waals surface area contributed by atoms with Crippen molar-refractivity contribution < 1.29 is 9.63 Å². The molecule has 1 amide bonds. The predicted octanol–water partition coefficient (Wildman–Crippen LogP) is 2.47. The second-order valence-corrected chi connectivity index (χ2v) is 4.42. The standard InChI is InChI=1S/C8H10ClNO2S/c1-5(2)12-10-8(11)6-3-4-7(9)13-6/h3-5H,1-2H3,(H,10,11). The van der Waals surface area contributed by atoms with Gasteiger partial charge in [-0.05, 0) is 26.0 Å². The minimum atomic E-state index is -0.259. The molecule has 1 rings (SSSR count). The largest absolute Gasteiger partial charge is 0.284 e. The summed E-state index contributed by atoms with van der Waals surface area (Å²) < 4.78 is 0.592. The van der Waals surface area contributed by atoms with Crippen LogP contribution in [0.2, 0.25) is 4.34 Å². The lowest BCUT2D eigenvalue weighted by molar-refractivity contribution is 0.000467. The number of nitrogens with one attached hydrogen (secondary N) is 1. The molecule has 1 heterocycles. The van der Waals surface area contributed by atoms with E-state index in [-0.39, 0.29) is 12.0 Å². The van der Waals surface area contributed by atoms with Gasteiger partial charge < -0.3 is 0 Å². The molecule has 0 radical (unpaired) electrons. The van der Waals surface area contributed by atoms with Gasteiger partial charge in [0.25, 0.3) is 5.91 Å². The van der Waals surface area contributed by atoms with Gasteiger partial charge in [0.2, 0.25) is 0 Å². The molecule has 1 aromatic rings. The van der Waals surface area contributed by atoms with Crippen molar-refractivity contribution in [2.24, 2.45) is 0 Å². The molecule has 0 spiro atoms. The molecule has 1 aromatic heterocycles. The molecule has 3 nitrogen and oxygen atoms in total. The Hall–Kier alpha value is -0.580. The number of hydrogen-bond acceptors (Lipinski definition) is 3. The fraction of sp³-hybridized carbons (Fsp3) is 0.375. The van der Waals surface area contributed by atoms with E-state index in [1.165, 1.54) is 11.3 Å². The third kappa shape index (κ3) is 3.34. The van der Waals surface area contributed by atoms with Crippen molar-refractivity contribution >= 4 is 28.8 Å². The summed E-state index contributed by atoms with van der Waals surface area (Å²) in [5.41, 5.74) is 2.32. The molecule has 5 heteroatoms. The normalized spacial score (nSPS) is 10.5. The van der Waals surface area contributed by atoms with Gasteiger partial charge in [0, 0.05) is 0 Å². The lowest BCUT2D eigenvalue weighted by Gasteiger charge is -2.06. The third-order valence-corrected chi connectivity index (χ3v) is 2.41. The van der Waals surface area contributed by atoms with Crippen molar-refractivity contribution in [1.82, 2.24) is 5.48 Å². The van der Waals surface area contributed by atoms with E-state index in [1.54, 1.807) is 12.1 Å². The summed E-state index contributed by atoms with van der Waals surface area (Å²) in [4.78, 5) is 16.8. The maximum Gasteiger partial charge on any atom is 0.284 e. The Morgan fingerprint density at radius 2 is 2.31 bits per heavy atom. The van der Waals surface area contributed by atoms with Gasteiger partial charge in [0.1, 0.15) is 0 Å². The van der Waals surface area contributed by atoms with Crippen molar-refractivity contribution in [1.29, 1.82) is 0 Å². The number of hydroxylamine groups is 1. The Bertz CT molecular complexity index is 298. The Balaban J connectivity index is 2.49. The summed E-state index contributed by atoms with van der Waals surface area (Å²) in [7, 11) is 0. The van der Waals surface area contributed by atoms with E-state index in [0.29, 0.717) is 9.21 Å². The molecule has 0 unspecified atom stereocenters. The van der Waals surface area contributed by atoms with E-state index in [9.17, 15) is 4.79 Å². The molecule has 0 saturated heterocycles. The van der Waals surface area contributed by atoms with Crippen LogP contribution < -0.4 is 5.48 Å². The second kappa shape index (κ2) is 4.60. The minimum Gasteiger partial charge on any atom is -0.271 e. The van der Waals surface area contributed by atoms with Gasteiger partial charge in [-0.2, -0.15) is 0 Å². The molecule has 0 aliphatic rings. The van der Waals surface area contributed by atoms with Crippen molar-refractivity contribution in [3.05, 3.63) is 21.3 Å². The Morgan fingerprint density at radius 1 is 1.62 bits per heavy atom. The quantitative estimate of drug-likeness (QED) is 0.794. The van der Waals surface area contributed by atoms with Crippen LogP contribution >= 0.6 is 22.9 Å². The predicted molar refractivity (Wildman–Crippen MR) is 53.0 cm³/mol. The van der Waals surface area contributed by atoms with Gasteiger partial charge in [-0.1, -0.05) is 11.6 Å². The Kier molecular flexibility index (Phi) is 3.71. The number of carbonyl (C=O) groups excluding carboxylic acids is 1. The summed E-state index contributed by atoms with van der Waals surface area (Å²) >= 11 is 6.89. The maximum atomic E-state index is 11.3. The van der Waals surface area contributed by atoms with Crippen molar-refractivity contribution in [2.45, 2.75) is 20.0 Å². The van der Waals surface area contributed by atoms with Gasteiger partial charge in [-0.25, -0.2) is 5.48 Å². The number of hydrogen-bond donors (Lipinski definition) is 1. The summed E-state index contributed by atoms with van der Waals surface area (Å²) in [6, 6.07) is 3.34. The molecule has 0 fully saturated rings. The fourth-order valence-electron chi connectivity index (χ4n) is 0.658. The van der Waals surface area contributed by atoms with Gasteiger partial charge in [0.15, 0.2) is 0 Å². The van der Waals surface area contributed by atoms with E-state index in [2.05, 4.69) is 5.48 Å². The number of rotatable bonds is 3. The first-order valence-corrected chi connectivity index (χ1v) is 5.00. The number of carbonyl (C=O) groups is 1. The van der Waals surface area contributed by atoms with Gasteiger partial charge in [0.05, 0.1) is 15.3 Å². The highest BCUT2D eigenvalue weighted by Gasteiger charge is 2.08. The number of amides is 1. The maximum absolute atomic E-state index is 11.3. The van der Waals surface area contributed by atoms with E-state index >= 15 is 0 Å². The topological polar surface area (TPSA) is 38.3 Å². The first kappa shape index (κ1) is 10.5. The number of thiophene rings is 1. The first-order chi connectivity index (χ1) is 6.09. The van der Waals surface area contributed by atoms with E-state index in [4.69, 9.17) is 16.4 Å². The van der Waals surface area contributed by atoms with E-state index in [0.717, 1.165) is 0 Å². The van der Waals surface area contributed by atoms with Crippen LogP contribution in [0.5, 0.6) is 0 Å². The zero-order valence-electron chi connectivity index (χ0n) is 7.33. The average molecular weight is 220 g/mol. The van der Waals surface area contributed by atoms with Crippen LogP contribution in [0.1, 0.15) is 23.5 Å². The van der Waals surface area contributed by atoms with Crippen LogP contribution in [0.3, 0.4) is 0 Å². The van der Waals surface area contributed by atoms with Gasteiger partial charge in [-0.3, -0.25) is 9.63 Å². The van der Waals surface area contributed by atoms with Crippen molar-refractivity contribution in [3.63, 3.8) is 0 Å². The highest BCUT2D eigenvalue weighted by molar-refractivity contribution is 7.17. The SMILES string of the molecule is CC(C)ONC(=O)c1ccc(Cl)s1. The lowest BCUT2D eigenvalue weighted by Crippen LogP contribution is -2.26. The van der Waals surface area contributed by atoms with Crippen LogP contribution in [0.25, 0.3) is 0 Å². The molecule has 0 saturated carbocycles. The summed E-state index contributed by atoms with van der Waals surface area (Å²) in [5.74, 6) is -0.259. The number of halogens is 1. The Morgan fingerprint density at radius 3 is 2.77 bits per heavy atom. The lowest BCUT2D eigenvalue weighted by atomic mass is 10.4. The highest BCUT2D eigenvalue weighted by atomic mass is 35.5. The second-order valence-electron chi connectivity index (χ2n) is 2.70. The molecule has 0 bridgehead atoms. The molecular formula is C8H10ClNO2S. The smallest absolute Gasteiger partial charge is 0.271 e. The molecule has 0 aliphatic heterocycles. The monoisotopic (exact) mass is 219 g/mol. The van der Waals surface area contributed by atoms with Crippen LogP contribution in [0.15, 0.2) is 12.1 Å². The van der Waals surface area contributed by atoms with E-state index in [1.807, 2.05) is 13.8 Å². The molecular weight excluding hydrogens is 210 g/mol. The average Bonchev–Trinajstić information content (AvgIpc) is 2.47. The first-order valence-electron chi connectivity index (χ1n) is 3.81. The molecule has 13 heavy (non-hydrogen) atoms. The Labute approximate surface area is 85.6 Å². The summed E-state index contributed by atoms with van der Waals surface area (Å²) in [5, 5.41) is 0. The van der Waals surface area contributed by atoms with Gasteiger partial charge in [-0.15, -0.1) is 11.3 Å². The molecule has 0 aromatic carbocycles. The van der Waals surface area contributed by atoms with Crippen molar-refractivity contribution in [3.8, 4) is 0 Å². The summed E-state index contributed by atoms with van der Waals surface area (Å²) in [6.07, 6.45) is -0.0283. The van der Waals surface area contributed by atoms with Crippen LogP contribution in [0, 0.1) is 0 Å². The highest BCUT2D eigenvalue weighted by Crippen LogP contribution is 2.20. The molecule has 0 aliphatic carbocycles. The molecule has 72 valence electrons. The van der Waals surface area contributed by atoms with Crippen LogP contribution in [-0.2, 0) is 4.84 Å². The molecule has 0 atom stereocenters. The molecule has 1 N–H and O–H groups in total. The van der Waals surface area contributed by atoms with Crippen LogP contribution in [-0.4, -0.2) is 12.0 Å². The third-order valence-electron chi connectivity index (χ3n) is 1.18. The van der Waals surface area contributed by atoms with Crippen LogP contribution in [0.4, 0.5) is 0 Å². The zero-order chi connectivity index (χ0) is 9.84. The van der Waals surface area contributed by atoms with Crippen molar-refractivity contribution in [2.75, 3.05) is 0 Å². The van der Waals surface area contributed by atoms with E-state index < -0.39 is 0 Å².